The first-order chi connectivity index (χ1) is 16.9. The number of esters is 1. The van der Waals surface area contributed by atoms with Crippen LogP contribution in [0.5, 0.6) is 0 Å². The molecule has 7 heteroatoms. The highest BCUT2D eigenvalue weighted by Gasteiger charge is 2.47. The van der Waals surface area contributed by atoms with Gasteiger partial charge >= 0.3 is 5.97 Å². The van der Waals surface area contributed by atoms with E-state index < -0.39 is 17.7 Å². The molecule has 0 radical (unpaired) electrons. The molecular weight excluding hydrogens is 444 g/mol. The molecule has 2 aromatic carbocycles. The van der Waals surface area contributed by atoms with E-state index in [1.807, 2.05) is 19.1 Å². The van der Waals surface area contributed by atoms with E-state index in [0.29, 0.717) is 23.4 Å². The molecule has 1 aliphatic heterocycles. The van der Waals surface area contributed by atoms with Crippen molar-refractivity contribution in [3.8, 4) is 0 Å². The van der Waals surface area contributed by atoms with Gasteiger partial charge in [0.05, 0.1) is 24.6 Å². The summed E-state index contributed by atoms with van der Waals surface area (Å²) >= 11 is 0. The van der Waals surface area contributed by atoms with Crippen LogP contribution >= 0.6 is 0 Å². The summed E-state index contributed by atoms with van der Waals surface area (Å²) in [6.07, 6.45) is 4.12. The number of Topliss-reactive ketones (excluding diaryl/α,β-unsaturated/α-hetero) is 1. The zero-order chi connectivity index (χ0) is 24.9. The van der Waals surface area contributed by atoms with Crippen LogP contribution in [-0.2, 0) is 32.0 Å². The van der Waals surface area contributed by atoms with Crippen LogP contribution in [0.4, 0.5) is 5.69 Å². The molecule has 4 rings (SSSR count). The van der Waals surface area contributed by atoms with Gasteiger partial charge in [-0.25, -0.2) is 0 Å². The number of rotatable bonds is 7. The van der Waals surface area contributed by atoms with Crippen molar-refractivity contribution in [3.63, 3.8) is 0 Å². The molecule has 1 aliphatic rings. The summed E-state index contributed by atoms with van der Waals surface area (Å²) in [5.41, 5.74) is 3.33. The molecule has 1 N–H and O–H groups in total. The summed E-state index contributed by atoms with van der Waals surface area (Å²) in [5, 5.41) is 11.2. The first-order valence-electron chi connectivity index (χ1n) is 11.5. The average Bonchev–Trinajstić information content (AvgIpc) is 3.15. The Morgan fingerprint density at radius 2 is 1.69 bits per heavy atom. The number of ketones is 1. The smallest absolute Gasteiger partial charge is 0.310 e. The maximum absolute atomic E-state index is 13.2. The van der Waals surface area contributed by atoms with Crippen LogP contribution in [0.3, 0.4) is 0 Å². The maximum Gasteiger partial charge on any atom is 0.310 e. The third-order valence-corrected chi connectivity index (χ3v) is 5.95. The molecule has 1 unspecified atom stereocenters. The first kappa shape index (κ1) is 23.9. The number of nitrogens with zero attached hydrogens (tertiary/aromatic N) is 2. The molecule has 1 amide bonds. The van der Waals surface area contributed by atoms with Gasteiger partial charge in [0.25, 0.3) is 11.7 Å². The van der Waals surface area contributed by atoms with Gasteiger partial charge in [-0.15, -0.1) is 0 Å². The lowest BCUT2D eigenvalue weighted by molar-refractivity contribution is -0.142. The Morgan fingerprint density at radius 1 is 1.00 bits per heavy atom. The van der Waals surface area contributed by atoms with Crippen LogP contribution in [0.2, 0.25) is 0 Å². The van der Waals surface area contributed by atoms with Gasteiger partial charge in [-0.1, -0.05) is 49.4 Å². The van der Waals surface area contributed by atoms with Gasteiger partial charge < -0.3 is 9.84 Å². The number of hydrogen-bond donors (Lipinski definition) is 1. The Balaban J connectivity index is 1.78. The molecule has 7 nitrogen and oxygen atoms in total. The maximum atomic E-state index is 13.2. The number of carbonyl (C=O) groups excluding carboxylic acids is 3. The minimum atomic E-state index is -0.856. The van der Waals surface area contributed by atoms with Gasteiger partial charge in [-0.3, -0.25) is 24.3 Å². The molecule has 0 saturated carbocycles. The fourth-order valence-corrected chi connectivity index (χ4v) is 4.16. The highest BCUT2D eigenvalue weighted by molar-refractivity contribution is 6.51. The molecule has 0 bridgehead atoms. The quantitative estimate of drug-likeness (QED) is 0.238. The van der Waals surface area contributed by atoms with Crippen LogP contribution in [0.15, 0.2) is 78.6 Å². The molecule has 1 fully saturated rings. The van der Waals surface area contributed by atoms with Crippen molar-refractivity contribution in [3.05, 3.63) is 101 Å². The molecular formula is C28H26N2O5. The molecule has 3 aromatic rings. The number of carbonyl (C=O) groups is 3. The predicted octanol–water partition coefficient (Wildman–Crippen LogP) is 4.38. The minimum Gasteiger partial charge on any atom is -0.507 e. The molecule has 0 spiro atoms. The largest absolute Gasteiger partial charge is 0.507 e. The number of aromatic nitrogens is 1. The SMILES string of the molecule is CCOC(=O)Cc1ccc(N2C(=O)C(=O)/C(=C(\O)c3ccc(CC)cc3)C2c2cccnc2)cc1. The summed E-state index contributed by atoms with van der Waals surface area (Å²) in [6, 6.07) is 16.7. The van der Waals surface area contributed by atoms with Crippen molar-refractivity contribution in [2.75, 3.05) is 11.5 Å². The summed E-state index contributed by atoms with van der Waals surface area (Å²) in [7, 11) is 0. The highest BCUT2D eigenvalue weighted by atomic mass is 16.5. The van der Waals surface area contributed by atoms with Gasteiger partial charge in [0.15, 0.2) is 0 Å². The lowest BCUT2D eigenvalue weighted by Gasteiger charge is -2.25. The monoisotopic (exact) mass is 470 g/mol. The number of anilines is 1. The summed E-state index contributed by atoms with van der Waals surface area (Å²) in [4.78, 5) is 43.7. The number of benzene rings is 2. The van der Waals surface area contributed by atoms with Crippen molar-refractivity contribution >= 4 is 29.1 Å². The molecule has 1 atom stereocenters. The zero-order valence-electron chi connectivity index (χ0n) is 19.6. The van der Waals surface area contributed by atoms with Gasteiger partial charge in [0.1, 0.15) is 5.76 Å². The van der Waals surface area contributed by atoms with Crippen molar-refractivity contribution < 1.29 is 24.2 Å². The van der Waals surface area contributed by atoms with E-state index >= 15 is 0 Å². The van der Waals surface area contributed by atoms with Crippen LogP contribution in [0, 0.1) is 0 Å². The van der Waals surface area contributed by atoms with E-state index in [-0.39, 0.29) is 23.7 Å². The highest BCUT2D eigenvalue weighted by Crippen LogP contribution is 2.42. The first-order valence-corrected chi connectivity index (χ1v) is 11.5. The van der Waals surface area contributed by atoms with Crippen molar-refractivity contribution in [1.82, 2.24) is 4.98 Å². The van der Waals surface area contributed by atoms with E-state index in [9.17, 15) is 19.5 Å². The fraction of sp³-hybridized carbons (Fsp3) is 0.214. The van der Waals surface area contributed by atoms with Gasteiger partial charge in [-0.2, -0.15) is 0 Å². The van der Waals surface area contributed by atoms with Gasteiger partial charge in [-0.05, 0) is 48.2 Å². The molecule has 35 heavy (non-hydrogen) atoms. The fourth-order valence-electron chi connectivity index (χ4n) is 4.16. The third kappa shape index (κ3) is 4.84. The Kier molecular flexibility index (Phi) is 7.06. The lowest BCUT2D eigenvalue weighted by atomic mass is 9.95. The molecule has 1 aromatic heterocycles. The van der Waals surface area contributed by atoms with Crippen LogP contribution in [-0.4, -0.2) is 34.4 Å². The Hall–Kier alpha value is -4.26. The van der Waals surface area contributed by atoms with Crippen molar-refractivity contribution in [2.24, 2.45) is 0 Å². The average molecular weight is 471 g/mol. The van der Waals surface area contributed by atoms with E-state index in [0.717, 1.165) is 17.5 Å². The Labute approximate surface area is 203 Å². The number of aliphatic hydroxyl groups is 1. The second-order valence-electron chi connectivity index (χ2n) is 8.15. The van der Waals surface area contributed by atoms with Crippen LogP contribution in [0.1, 0.15) is 42.1 Å². The zero-order valence-corrected chi connectivity index (χ0v) is 19.6. The summed E-state index contributed by atoms with van der Waals surface area (Å²) in [6.45, 7) is 4.07. The molecule has 2 heterocycles. The van der Waals surface area contributed by atoms with Crippen molar-refractivity contribution in [2.45, 2.75) is 32.7 Å². The van der Waals surface area contributed by atoms with Crippen LogP contribution in [0.25, 0.3) is 5.76 Å². The topological polar surface area (TPSA) is 96.8 Å². The van der Waals surface area contributed by atoms with E-state index in [1.54, 1.807) is 67.8 Å². The number of ether oxygens (including phenoxy) is 1. The Bertz CT molecular complexity index is 1260. The number of amides is 1. The number of aliphatic hydroxyl groups excluding tert-OH is 1. The van der Waals surface area contributed by atoms with Gasteiger partial charge in [0, 0.05) is 23.6 Å². The number of aryl methyl sites for hydroxylation is 1. The standard InChI is InChI=1S/C28H26N2O5/c1-3-18-7-11-20(12-8-18)26(32)24-25(21-6-5-15-29-17-21)30(28(34)27(24)33)22-13-9-19(10-14-22)16-23(31)35-4-2/h5-15,17,25,32H,3-4,16H2,1-2H3/b26-24-. The summed E-state index contributed by atoms with van der Waals surface area (Å²) < 4.78 is 4.99. The molecule has 178 valence electrons. The molecule has 1 saturated heterocycles. The lowest BCUT2D eigenvalue weighted by Crippen LogP contribution is -2.29. The van der Waals surface area contributed by atoms with Crippen LogP contribution < -0.4 is 4.90 Å². The molecule has 0 aliphatic carbocycles. The van der Waals surface area contributed by atoms with E-state index in [2.05, 4.69) is 4.98 Å². The normalized spacial score (nSPS) is 17.0. The van der Waals surface area contributed by atoms with E-state index in [4.69, 9.17) is 4.74 Å². The predicted molar refractivity (Wildman–Crippen MR) is 132 cm³/mol. The minimum absolute atomic E-state index is 0.00264. The second-order valence-corrected chi connectivity index (χ2v) is 8.15. The summed E-state index contributed by atoms with van der Waals surface area (Å²) in [5.74, 6) is -2.10. The number of pyridine rings is 1. The number of hydrogen-bond acceptors (Lipinski definition) is 6. The second kappa shape index (κ2) is 10.3. The van der Waals surface area contributed by atoms with Gasteiger partial charge in [0.2, 0.25) is 0 Å². The third-order valence-electron chi connectivity index (χ3n) is 5.95. The Morgan fingerprint density at radius 3 is 2.29 bits per heavy atom. The van der Waals surface area contributed by atoms with E-state index in [1.165, 1.54) is 4.90 Å². The van der Waals surface area contributed by atoms with Crippen molar-refractivity contribution in [1.29, 1.82) is 0 Å².